The number of hydrogen-bond acceptors (Lipinski definition) is 3. The molecule has 3 heteroatoms. The number of hydrogen-bond donors (Lipinski definition) is 0. The molecule has 0 amide bonds. The lowest BCUT2D eigenvalue weighted by Gasteiger charge is -2.31. The Kier molecular flexibility index (Phi) is 7.26. The number of carbonyl (C=O) groups excluding carboxylic acids is 1. The summed E-state index contributed by atoms with van der Waals surface area (Å²) < 4.78 is 12.2. The van der Waals surface area contributed by atoms with Crippen molar-refractivity contribution in [1.29, 1.82) is 0 Å². The topological polar surface area (TPSA) is 35.5 Å². The lowest BCUT2D eigenvalue weighted by Crippen LogP contribution is -2.28. The Hall–Kier alpha value is -3.07. The van der Waals surface area contributed by atoms with Crippen LogP contribution in [-0.4, -0.2) is 11.6 Å². The van der Waals surface area contributed by atoms with E-state index in [0.717, 1.165) is 34.4 Å². The minimum Gasteiger partial charge on any atom is -0.487 e. The van der Waals surface area contributed by atoms with Gasteiger partial charge in [0.15, 0.2) is 0 Å². The van der Waals surface area contributed by atoms with E-state index in [4.69, 9.17) is 9.47 Å². The van der Waals surface area contributed by atoms with Gasteiger partial charge in [-0.3, -0.25) is 0 Å². The summed E-state index contributed by atoms with van der Waals surface area (Å²) in [6, 6.07) is 17.8. The molecule has 34 heavy (non-hydrogen) atoms. The summed E-state index contributed by atoms with van der Waals surface area (Å²) in [5.74, 6) is 1.27. The van der Waals surface area contributed by atoms with Crippen LogP contribution < -0.4 is 9.47 Å². The Morgan fingerprint density at radius 3 is 1.62 bits per heavy atom. The molecule has 3 aromatic rings. The fraction of sp³-hybridized carbons (Fsp3) is 0.387. The summed E-state index contributed by atoms with van der Waals surface area (Å²) in [4.78, 5) is 12.6. The first-order valence-corrected chi connectivity index (χ1v) is 12.1. The minimum absolute atomic E-state index is 0.201. The van der Waals surface area contributed by atoms with Crippen molar-refractivity contribution in [2.75, 3.05) is 0 Å². The molecule has 0 aliphatic heterocycles. The maximum Gasteiger partial charge on any atom is 0.343 e. The maximum atomic E-state index is 12.6. The molecule has 0 radical (unpaired) electrons. The average Bonchev–Trinajstić information content (AvgIpc) is 2.78. The van der Waals surface area contributed by atoms with Gasteiger partial charge in [0.2, 0.25) is 0 Å². The van der Waals surface area contributed by atoms with Crippen molar-refractivity contribution in [3.63, 3.8) is 0 Å². The van der Waals surface area contributed by atoms with E-state index in [1.807, 2.05) is 32.0 Å². The van der Waals surface area contributed by atoms with E-state index < -0.39 is 0 Å². The molecule has 0 aromatic heterocycles. The van der Waals surface area contributed by atoms with Crippen molar-refractivity contribution in [2.45, 2.75) is 79.8 Å². The summed E-state index contributed by atoms with van der Waals surface area (Å²) in [5.41, 5.74) is 6.72. The van der Waals surface area contributed by atoms with Crippen molar-refractivity contribution in [3.8, 4) is 11.5 Å². The molecule has 3 rings (SSSR count). The molecule has 0 heterocycles. The molecule has 0 atom stereocenters. The molecule has 3 nitrogen and oxygen atoms in total. The summed E-state index contributed by atoms with van der Waals surface area (Å²) in [5, 5.41) is 0. The highest BCUT2D eigenvalue weighted by molar-refractivity contribution is 5.91. The predicted molar refractivity (Wildman–Crippen MR) is 140 cm³/mol. The number of ether oxygens (including phenoxy) is 2. The predicted octanol–water partition coefficient (Wildman–Crippen LogP) is 8.03. The van der Waals surface area contributed by atoms with Gasteiger partial charge in [-0.2, -0.15) is 0 Å². The van der Waals surface area contributed by atoms with Crippen LogP contribution in [0.15, 0.2) is 54.6 Å². The molecular formula is C31H38O3. The molecule has 0 saturated heterocycles. The third kappa shape index (κ3) is 5.35. The van der Waals surface area contributed by atoms with E-state index in [-0.39, 0.29) is 17.0 Å². The summed E-state index contributed by atoms with van der Waals surface area (Å²) in [6.07, 6.45) is 0.943. The van der Waals surface area contributed by atoms with E-state index >= 15 is 0 Å². The zero-order valence-electron chi connectivity index (χ0n) is 22.1. The quantitative estimate of drug-likeness (QED) is 0.265. The van der Waals surface area contributed by atoms with Gasteiger partial charge >= 0.3 is 5.97 Å². The highest BCUT2D eigenvalue weighted by Gasteiger charge is 2.28. The van der Waals surface area contributed by atoms with E-state index in [1.54, 1.807) is 12.1 Å². The molecule has 180 valence electrons. The van der Waals surface area contributed by atoms with Crippen LogP contribution in [0.5, 0.6) is 11.5 Å². The van der Waals surface area contributed by atoms with Crippen LogP contribution in [0.4, 0.5) is 0 Å². The van der Waals surface area contributed by atoms with Crippen molar-refractivity contribution in [3.05, 3.63) is 93.5 Å². The second-order valence-corrected chi connectivity index (χ2v) is 10.5. The first-order valence-electron chi connectivity index (χ1n) is 12.1. The number of carbonyl (C=O) groups is 1. The first kappa shape index (κ1) is 25.6. The first-order chi connectivity index (χ1) is 15.9. The Balaban J connectivity index is 1.94. The van der Waals surface area contributed by atoms with Gasteiger partial charge in [-0.15, -0.1) is 0 Å². The molecule has 0 aliphatic rings. The molecular weight excluding hydrogens is 420 g/mol. The van der Waals surface area contributed by atoms with Crippen LogP contribution in [0.25, 0.3) is 0 Å². The molecule has 3 aromatic carbocycles. The number of esters is 1. The van der Waals surface area contributed by atoms with Crippen LogP contribution in [-0.2, 0) is 5.41 Å². The van der Waals surface area contributed by atoms with Crippen LogP contribution in [0.3, 0.4) is 0 Å². The molecule has 0 unspecified atom stereocenters. The van der Waals surface area contributed by atoms with E-state index in [1.165, 1.54) is 11.1 Å². The number of rotatable bonds is 7. The van der Waals surface area contributed by atoms with Crippen LogP contribution in [0.1, 0.15) is 84.8 Å². The van der Waals surface area contributed by atoms with Crippen molar-refractivity contribution in [1.82, 2.24) is 0 Å². The summed E-state index contributed by atoms with van der Waals surface area (Å²) in [7, 11) is 0. The molecule has 0 saturated carbocycles. The van der Waals surface area contributed by atoms with Crippen LogP contribution in [0.2, 0.25) is 0 Å². The van der Waals surface area contributed by atoms with Crippen molar-refractivity contribution in [2.24, 2.45) is 0 Å². The third-order valence-electron chi connectivity index (χ3n) is 6.80. The Morgan fingerprint density at radius 1 is 0.735 bits per heavy atom. The monoisotopic (exact) mass is 458 g/mol. The third-order valence-corrected chi connectivity index (χ3v) is 6.80. The van der Waals surface area contributed by atoms with Gasteiger partial charge in [0.05, 0.1) is 5.56 Å². The minimum atomic E-state index is -0.337. The lowest BCUT2D eigenvalue weighted by molar-refractivity contribution is 0.0732. The zero-order valence-corrected chi connectivity index (χ0v) is 22.1. The summed E-state index contributed by atoms with van der Waals surface area (Å²) >= 11 is 0. The Labute approximate surface area is 205 Å². The van der Waals surface area contributed by atoms with Gasteiger partial charge in [-0.25, -0.2) is 4.79 Å². The van der Waals surface area contributed by atoms with Crippen molar-refractivity contribution < 1.29 is 14.3 Å². The van der Waals surface area contributed by atoms with Gasteiger partial charge in [0.1, 0.15) is 17.1 Å². The Bertz CT molecular complexity index is 1140. The van der Waals surface area contributed by atoms with Crippen LogP contribution in [0, 0.1) is 27.7 Å². The second kappa shape index (κ2) is 9.66. The van der Waals surface area contributed by atoms with E-state index in [2.05, 4.69) is 72.7 Å². The largest absolute Gasteiger partial charge is 0.487 e. The lowest BCUT2D eigenvalue weighted by atomic mass is 9.76. The van der Waals surface area contributed by atoms with Gasteiger partial charge in [-0.1, -0.05) is 63.2 Å². The molecule has 0 aliphatic carbocycles. The zero-order chi connectivity index (χ0) is 25.3. The van der Waals surface area contributed by atoms with Gasteiger partial charge in [0.25, 0.3) is 0 Å². The molecule has 0 spiro atoms. The van der Waals surface area contributed by atoms with Crippen molar-refractivity contribution >= 4 is 5.97 Å². The van der Waals surface area contributed by atoms with Gasteiger partial charge in [-0.05, 0) is 93.5 Å². The van der Waals surface area contributed by atoms with E-state index in [9.17, 15) is 4.79 Å². The second-order valence-electron chi connectivity index (χ2n) is 10.5. The molecule has 0 N–H and O–H groups in total. The molecule has 0 bridgehead atoms. The number of aryl methyl sites for hydroxylation is 4. The van der Waals surface area contributed by atoms with E-state index in [0.29, 0.717) is 11.3 Å². The standard InChI is InChI=1S/C31H38O3/c1-10-30(6,7)34-28-22(4)18-26(19-23(28)5)31(8,9)25-16-20(2)27(21(3)17-25)33-29(32)24-14-12-11-13-15-24/h11-19H,10H2,1-9H3. The highest BCUT2D eigenvalue weighted by atomic mass is 16.5. The fourth-order valence-corrected chi connectivity index (χ4v) is 4.19. The maximum absolute atomic E-state index is 12.6. The normalized spacial score (nSPS) is 11.9. The van der Waals surface area contributed by atoms with Gasteiger partial charge in [0, 0.05) is 5.41 Å². The molecule has 0 fully saturated rings. The van der Waals surface area contributed by atoms with Crippen LogP contribution >= 0.6 is 0 Å². The fourth-order valence-electron chi connectivity index (χ4n) is 4.19. The van der Waals surface area contributed by atoms with Gasteiger partial charge < -0.3 is 9.47 Å². The number of benzene rings is 3. The summed E-state index contributed by atoms with van der Waals surface area (Å²) in [6.45, 7) is 19.1. The smallest absolute Gasteiger partial charge is 0.343 e. The average molecular weight is 459 g/mol. The highest BCUT2D eigenvalue weighted by Crippen LogP contribution is 2.39. The Morgan fingerprint density at radius 2 is 1.18 bits per heavy atom. The SMILES string of the molecule is CCC(C)(C)Oc1c(C)cc(C(C)(C)c2cc(C)c(OC(=O)c3ccccc3)c(C)c2)cc1C.